The van der Waals surface area contributed by atoms with Crippen molar-refractivity contribution in [2.75, 3.05) is 33.9 Å². The van der Waals surface area contributed by atoms with Gasteiger partial charge in [0.15, 0.2) is 6.61 Å². The van der Waals surface area contributed by atoms with Crippen LogP contribution in [0.1, 0.15) is 12.0 Å². The van der Waals surface area contributed by atoms with Gasteiger partial charge in [-0.3, -0.25) is 14.4 Å². The third-order valence-electron chi connectivity index (χ3n) is 3.04. The smallest absolute Gasteiger partial charge is 0.309 e. The second kappa shape index (κ2) is 9.45. The van der Waals surface area contributed by atoms with Crippen LogP contribution in [-0.4, -0.2) is 56.5 Å². The van der Waals surface area contributed by atoms with E-state index < -0.39 is 18.5 Å². The second-order valence-corrected chi connectivity index (χ2v) is 5.00. The predicted octanol–water partition coefficient (Wildman–Crippen LogP) is 0.512. The van der Waals surface area contributed by atoms with Crippen molar-refractivity contribution in [2.45, 2.75) is 13.3 Å². The van der Waals surface area contributed by atoms with Crippen LogP contribution in [0.3, 0.4) is 0 Å². The van der Waals surface area contributed by atoms with E-state index in [0.717, 1.165) is 5.56 Å². The predicted molar refractivity (Wildman–Crippen MR) is 84.0 cm³/mol. The molecular formula is C16H22N2O5. The number of hydrogen-bond acceptors (Lipinski definition) is 5. The minimum atomic E-state index is -0.529. The fourth-order valence-corrected chi connectivity index (χ4v) is 1.59. The second-order valence-electron chi connectivity index (χ2n) is 5.00. The fourth-order valence-electron chi connectivity index (χ4n) is 1.59. The maximum Gasteiger partial charge on any atom is 0.309 e. The van der Waals surface area contributed by atoms with Crippen molar-refractivity contribution in [3.8, 4) is 5.75 Å². The van der Waals surface area contributed by atoms with Crippen molar-refractivity contribution in [3.05, 3.63) is 29.8 Å². The molecule has 0 aliphatic carbocycles. The summed E-state index contributed by atoms with van der Waals surface area (Å²) in [4.78, 5) is 35.5. The van der Waals surface area contributed by atoms with Gasteiger partial charge in [0.1, 0.15) is 5.75 Å². The molecule has 0 saturated carbocycles. The van der Waals surface area contributed by atoms with Crippen LogP contribution in [0.5, 0.6) is 5.75 Å². The Bertz CT molecular complexity index is 542. The molecule has 7 nitrogen and oxygen atoms in total. The molecular weight excluding hydrogens is 300 g/mol. The molecule has 2 amide bonds. The van der Waals surface area contributed by atoms with Gasteiger partial charge in [-0.25, -0.2) is 0 Å². The molecule has 0 bridgehead atoms. The number of aryl methyl sites for hydroxylation is 1. The molecule has 1 N–H and O–H groups in total. The maximum absolute atomic E-state index is 11.7. The van der Waals surface area contributed by atoms with Crippen LogP contribution in [0.15, 0.2) is 24.3 Å². The Morgan fingerprint density at radius 1 is 1.17 bits per heavy atom. The number of hydrogen-bond donors (Lipinski definition) is 1. The van der Waals surface area contributed by atoms with E-state index in [2.05, 4.69) is 5.32 Å². The molecule has 1 aromatic rings. The summed E-state index contributed by atoms with van der Waals surface area (Å²) in [5, 5.41) is 2.41. The summed E-state index contributed by atoms with van der Waals surface area (Å²) in [6, 6.07) is 7.46. The van der Waals surface area contributed by atoms with Crippen LogP contribution in [0, 0.1) is 6.92 Å². The largest absolute Gasteiger partial charge is 0.493 e. The van der Waals surface area contributed by atoms with E-state index in [1.165, 1.54) is 19.0 Å². The van der Waals surface area contributed by atoms with Crippen LogP contribution in [0.25, 0.3) is 0 Å². The number of nitrogens with one attached hydrogen (secondary N) is 1. The quantitative estimate of drug-likeness (QED) is 0.705. The van der Waals surface area contributed by atoms with Gasteiger partial charge in [-0.1, -0.05) is 17.7 Å². The third kappa shape index (κ3) is 7.30. The highest BCUT2D eigenvalue weighted by atomic mass is 16.5. The summed E-state index contributed by atoms with van der Waals surface area (Å²) in [5.74, 6) is -0.594. The van der Waals surface area contributed by atoms with Gasteiger partial charge in [0.2, 0.25) is 5.91 Å². The van der Waals surface area contributed by atoms with Gasteiger partial charge in [0, 0.05) is 14.1 Å². The Kier molecular flexibility index (Phi) is 7.59. The molecule has 126 valence electrons. The molecule has 0 fully saturated rings. The van der Waals surface area contributed by atoms with Gasteiger partial charge < -0.3 is 19.7 Å². The van der Waals surface area contributed by atoms with Gasteiger partial charge in [-0.05, 0) is 19.1 Å². The number of nitrogens with zero attached hydrogens (tertiary/aromatic N) is 1. The Labute approximate surface area is 135 Å². The molecule has 7 heteroatoms. The first-order chi connectivity index (χ1) is 10.9. The lowest BCUT2D eigenvalue weighted by atomic mass is 10.2. The molecule has 0 atom stereocenters. The Balaban J connectivity index is 2.22. The normalized spacial score (nSPS) is 9.87. The summed E-state index contributed by atoms with van der Waals surface area (Å²) in [5.41, 5.74) is 1.12. The third-order valence-corrected chi connectivity index (χ3v) is 3.04. The maximum atomic E-state index is 11.7. The van der Waals surface area contributed by atoms with Gasteiger partial charge in [-0.15, -0.1) is 0 Å². The Morgan fingerprint density at radius 2 is 1.83 bits per heavy atom. The molecule has 0 aliphatic rings. The number of esters is 1. The number of likely N-dealkylation sites (N-methyl/N-ethyl adjacent to an activating group) is 2. The first-order valence-electron chi connectivity index (χ1n) is 7.22. The SMILES string of the molecule is CNC(=O)CN(C)C(=O)COC(=O)CCOc1ccc(C)cc1. The standard InChI is InChI=1S/C16H22N2O5/c1-12-4-6-13(7-5-12)22-9-8-16(21)23-11-15(20)18(3)10-14(19)17-2/h4-7H,8-11H2,1-3H3,(H,17,19). The number of carbonyl (C=O) groups excluding carboxylic acids is 3. The highest BCUT2D eigenvalue weighted by Crippen LogP contribution is 2.11. The van der Waals surface area contributed by atoms with Gasteiger partial charge in [-0.2, -0.15) is 0 Å². The summed E-state index contributed by atoms with van der Waals surface area (Å²) in [7, 11) is 2.95. The van der Waals surface area contributed by atoms with Crippen molar-refractivity contribution in [3.63, 3.8) is 0 Å². The summed E-state index contributed by atoms with van der Waals surface area (Å²) in [6.45, 7) is 1.67. The highest BCUT2D eigenvalue weighted by Gasteiger charge is 2.14. The lowest BCUT2D eigenvalue weighted by Gasteiger charge is -2.15. The molecule has 0 spiro atoms. The highest BCUT2D eigenvalue weighted by molar-refractivity contribution is 5.86. The van der Waals surface area contributed by atoms with E-state index in [4.69, 9.17) is 9.47 Å². The number of ether oxygens (including phenoxy) is 2. The van der Waals surface area contributed by atoms with E-state index in [-0.39, 0.29) is 25.5 Å². The summed E-state index contributed by atoms with van der Waals surface area (Å²) in [6.07, 6.45) is 0.0420. The van der Waals surface area contributed by atoms with E-state index >= 15 is 0 Å². The van der Waals surface area contributed by atoms with Gasteiger partial charge >= 0.3 is 5.97 Å². The lowest BCUT2D eigenvalue weighted by molar-refractivity contribution is -0.152. The molecule has 0 aliphatic heterocycles. The Morgan fingerprint density at radius 3 is 2.43 bits per heavy atom. The zero-order valence-electron chi connectivity index (χ0n) is 13.6. The summed E-state index contributed by atoms with van der Waals surface area (Å²) < 4.78 is 10.3. The fraction of sp³-hybridized carbons (Fsp3) is 0.438. The first kappa shape index (κ1) is 18.5. The zero-order chi connectivity index (χ0) is 17.2. The van der Waals surface area contributed by atoms with E-state index in [0.29, 0.717) is 5.75 Å². The minimum absolute atomic E-state index is 0.0420. The zero-order valence-corrected chi connectivity index (χ0v) is 13.6. The summed E-state index contributed by atoms with van der Waals surface area (Å²) >= 11 is 0. The topological polar surface area (TPSA) is 84.9 Å². The minimum Gasteiger partial charge on any atom is -0.493 e. The van der Waals surface area contributed by atoms with Crippen molar-refractivity contribution in [1.82, 2.24) is 10.2 Å². The molecule has 0 radical (unpaired) electrons. The van der Waals surface area contributed by atoms with Crippen LogP contribution >= 0.6 is 0 Å². The van der Waals surface area contributed by atoms with Gasteiger partial charge in [0.25, 0.3) is 5.91 Å². The number of benzene rings is 1. The van der Waals surface area contributed by atoms with Crippen molar-refractivity contribution < 1.29 is 23.9 Å². The van der Waals surface area contributed by atoms with Crippen molar-refractivity contribution >= 4 is 17.8 Å². The number of amides is 2. The molecule has 0 heterocycles. The number of carbonyl (C=O) groups is 3. The molecule has 1 rings (SSSR count). The first-order valence-corrected chi connectivity index (χ1v) is 7.22. The van der Waals surface area contributed by atoms with E-state index in [1.54, 1.807) is 0 Å². The van der Waals surface area contributed by atoms with Crippen molar-refractivity contribution in [1.29, 1.82) is 0 Å². The van der Waals surface area contributed by atoms with Gasteiger partial charge in [0.05, 0.1) is 19.6 Å². The number of rotatable bonds is 8. The van der Waals surface area contributed by atoms with Crippen LogP contribution in [0.4, 0.5) is 0 Å². The molecule has 0 saturated heterocycles. The van der Waals surface area contributed by atoms with E-state index in [9.17, 15) is 14.4 Å². The monoisotopic (exact) mass is 322 g/mol. The van der Waals surface area contributed by atoms with Crippen LogP contribution in [0.2, 0.25) is 0 Å². The molecule has 0 unspecified atom stereocenters. The average Bonchev–Trinajstić information content (AvgIpc) is 2.54. The average molecular weight is 322 g/mol. The van der Waals surface area contributed by atoms with Crippen molar-refractivity contribution in [2.24, 2.45) is 0 Å². The Hall–Kier alpha value is -2.57. The molecule has 0 aromatic heterocycles. The lowest BCUT2D eigenvalue weighted by Crippen LogP contribution is -2.39. The molecule has 23 heavy (non-hydrogen) atoms. The van der Waals surface area contributed by atoms with E-state index in [1.807, 2.05) is 31.2 Å². The van der Waals surface area contributed by atoms with Crippen LogP contribution < -0.4 is 10.1 Å². The molecule has 1 aromatic carbocycles. The van der Waals surface area contributed by atoms with Crippen LogP contribution in [-0.2, 0) is 19.1 Å².